The molecule has 2 aliphatic rings. The Kier molecular flexibility index (Phi) is 4.66. The predicted octanol–water partition coefficient (Wildman–Crippen LogP) is 0.632. The topological polar surface area (TPSA) is 69.6 Å². The molecule has 0 aliphatic carbocycles. The van der Waals surface area contributed by atoms with Crippen molar-refractivity contribution in [2.75, 3.05) is 31.1 Å². The smallest absolute Gasteiger partial charge is 0.154 e. The monoisotopic (exact) mass is 330 g/mol. The minimum atomic E-state index is -3.09. The van der Waals surface area contributed by atoms with E-state index in [1.165, 1.54) is 17.7 Å². The molecule has 2 N–H and O–H groups in total. The Morgan fingerprint density at radius 2 is 2.14 bits per heavy atom. The summed E-state index contributed by atoms with van der Waals surface area (Å²) in [5, 5.41) is 15.2. The third kappa shape index (κ3) is 3.65. The molecule has 7 heteroatoms. The fourth-order valence-corrected chi connectivity index (χ4v) is 5.87. The van der Waals surface area contributed by atoms with Gasteiger partial charge in [-0.3, -0.25) is 4.90 Å². The van der Waals surface area contributed by atoms with Gasteiger partial charge >= 0.3 is 0 Å². The van der Waals surface area contributed by atoms with Crippen LogP contribution >= 0.6 is 11.3 Å². The van der Waals surface area contributed by atoms with Crippen LogP contribution in [0.2, 0.25) is 0 Å². The van der Waals surface area contributed by atoms with Crippen molar-refractivity contribution in [3.8, 4) is 0 Å². The van der Waals surface area contributed by atoms with Crippen molar-refractivity contribution in [1.82, 2.24) is 10.2 Å². The summed E-state index contributed by atoms with van der Waals surface area (Å²) in [6, 6.07) is 4.14. The van der Waals surface area contributed by atoms with Gasteiger partial charge in [0.05, 0.1) is 23.7 Å². The molecule has 1 aromatic heterocycles. The molecule has 1 aromatic rings. The van der Waals surface area contributed by atoms with Crippen molar-refractivity contribution >= 4 is 21.2 Å². The van der Waals surface area contributed by atoms with Gasteiger partial charge in [0.2, 0.25) is 0 Å². The highest BCUT2D eigenvalue weighted by Gasteiger charge is 2.37. The maximum absolute atomic E-state index is 11.6. The van der Waals surface area contributed by atoms with E-state index in [2.05, 4.69) is 27.7 Å². The summed E-state index contributed by atoms with van der Waals surface area (Å²) in [5.74, 6) is -0.0661. The summed E-state index contributed by atoms with van der Waals surface area (Å²) >= 11 is 1.74. The summed E-state index contributed by atoms with van der Waals surface area (Å²) in [7, 11) is -3.09. The largest absolute Gasteiger partial charge is 0.390 e. The third-order valence-corrected chi connectivity index (χ3v) is 7.04. The Morgan fingerprint density at radius 1 is 1.38 bits per heavy atom. The lowest BCUT2D eigenvalue weighted by Crippen LogP contribution is -2.43. The van der Waals surface area contributed by atoms with Gasteiger partial charge in [0.25, 0.3) is 0 Å². The summed E-state index contributed by atoms with van der Waals surface area (Å²) in [5.41, 5.74) is 0. The summed E-state index contributed by atoms with van der Waals surface area (Å²) in [6.07, 6.45) is 1.67. The number of hydrogen-bond donors (Lipinski definition) is 2. The van der Waals surface area contributed by atoms with Gasteiger partial charge in [0.15, 0.2) is 9.84 Å². The number of sulfone groups is 1. The zero-order valence-electron chi connectivity index (χ0n) is 11.9. The Bertz CT molecular complexity index is 553. The molecule has 5 nitrogen and oxygen atoms in total. The van der Waals surface area contributed by atoms with Gasteiger partial charge in [0.1, 0.15) is 0 Å². The predicted molar refractivity (Wildman–Crippen MR) is 84.3 cm³/mol. The Labute approximate surface area is 129 Å². The molecule has 0 amide bonds. The summed E-state index contributed by atoms with van der Waals surface area (Å²) in [4.78, 5) is 3.76. The summed E-state index contributed by atoms with van der Waals surface area (Å²) < 4.78 is 23.1. The molecular weight excluding hydrogens is 308 g/mol. The van der Waals surface area contributed by atoms with E-state index in [4.69, 9.17) is 0 Å². The average molecular weight is 330 g/mol. The molecule has 3 atom stereocenters. The minimum Gasteiger partial charge on any atom is -0.390 e. The first-order valence-corrected chi connectivity index (χ1v) is 10.1. The van der Waals surface area contributed by atoms with Crippen molar-refractivity contribution in [2.45, 2.75) is 31.0 Å². The molecule has 2 fully saturated rings. The Balaban J connectivity index is 1.65. The zero-order valence-corrected chi connectivity index (χ0v) is 13.6. The van der Waals surface area contributed by atoms with Gasteiger partial charge in [-0.15, -0.1) is 11.3 Å². The van der Waals surface area contributed by atoms with Crippen LogP contribution < -0.4 is 5.32 Å². The number of aliphatic hydroxyl groups is 1. The second-order valence-electron chi connectivity index (χ2n) is 5.93. The fourth-order valence-electron chi connectivity index (χ4n) is 3.23. The molecule has 3 rings (SSSR count). The van der Waals surface area contributed by atoms with E-state index >= 15 is 0 Å². The van der Waals surface area contributed by atoms with Crippen LogP contribution in [0.5, 0.6) is 0 Å². The number of thiophene rings is 1. The van der Waals surface area contributed by atoms with Crippen LogP contribution in [0.1, 0.15) is 23.8 Å². The van der Waals surface area contributed by atoms with E-state index in [1.54, 1.807) is 11.3 Å². The lowest BCUT2D eigenvalue weighted by molar-refractivity contribution is 0.155. The molecule has 0 saturated carbocycles. The van der Waals surface area contributed by atoms with Gasteiger partial charge in [-0.2, -0.15) is 0 Å². The maximum atomic E-state index is 11.6. The van der Waals surface area contributed by atoms with Crippen molar-refractivity contribution in [2.24, 2.45) is 0 Å². The lowest BCUT2D eigenvalue weighted by Gasteiger charge is -2.28. The van der Waals surface area contributed by atoms with Crippen LogP contribution in [0.3, 0.4) is 0 Å². The normalized spacial score (nSPS) is 30.7. The second-order valence-corrected chi connectivity index (χ2v) is 9.07. The SMILES string of the molecule is O=S1(=O)C[C@H](NC[C@H](c2cccs2)N2CCCC2)[C@@H](O)C1. The molecular formula is C14H22N2O3S2. The third-order valence-electron chi connectivity index (χ3n) is 4.35. The van der Waals surface area contributed by atoms with E-state index in [9.17, 15) is 13.5 Å². The Morgan fingerprint density at radius 3 is 2.71 bits per heavy atom. The van der Waals surface area contributed by atoms with E-state index in [-0.39, 0.29) is 23.6 Å². The number of likely N-dealkylation sites (tertiary alicyclic amines) is 1. The van der Waals surface area contributed by atoms with Gasteiger partial charge in [-0.05, 0) is 37.4 Å². The van der Waals surface area contributed by atoms with Gasteiger partial charge in [-0.25, -0.2) is 8.42 Å². The van der Waals surface area contributed by atoms with E-state index in [0.29, 0.717) is 6.54 Å². The first kappa shape index (κ1) is 15.4. The van der Waals surface area contributed by atoms with E-state index < -0.39 is 15.9 Å². The minimum absolute atomic E-state index is 0.0470. The highest BCUT2D eigenvalue weighted by molar-refractivity contribution is 7.91. The highest BCUT2D eigenvalue weighted by Crippen LogP contribution is 2.28. The molecule has 0 bridgehead atoms. The van der Waals surface area contributed by atoms with Crippen molar-refractivity contribution in [3.05, 3.63) is 22.4 Å². The first-order valence-electron chi connectivity index (χ1n) is 7.44. The standard InChI is InChI=1S/C14H22N2O3S2/c17-13-10-21(18,19)9-11(13)15-8-12(14-4-3-7-20-14)16-5-1-2-6-16/h3-4,7,11-13,15,17H,1-2,5-6,8-10H2/t11-,12+,13-/m0/s1. The second kappa shape index (κ2) is 6.34. The highest BCUT2D eigenvalue weighted by atomic mass is 32.2. The number of rotatable bonds is 5. The average Bonchev–Trinajstić information content (AvgIpc) is 3.13. The quantitative estimate of drug-likeness (QED) is 0.829. The fraction of sp³-hybridized carbons (Fsp3) is 0.714. The van der Waals surface area contributed by atoms with Crippen LogP contribution in [0, 0.1) is 0 Å². The van der Waals surface area contributed by atoms with Gasteiger partial charge in [-0.1, -0.05) is 6.07 Å². The number of hydrogen-bond acceptors (Lipinski definition) is 6. The van der Waals surface area contributed by atoms with Crippen LogP contribution in [0.15, 0.2) is 17.5 Å². The van der Waals surface area contributed by atoms with Crippen LogP contribution in [-0.2, 0) is 9.84 Å². The number of aliphatic hydroxyl groups excluding tert-OH is 1. The number of nitrogens with one attached hydrogen (secondary N) is 1. The molecule has 118 valence electrons. The van der Waals surface area contributed by atoms with Crippen molar-refractivity contribution in [1.29, 1.82) is 0 Å². The maximum Gasteiger partial charge on any atom is 0.154 e. The van der Waals surface area contributed by atoms with E-state index in [1.807, 2.05) is 0 Å². The summed E-state index contributed by atoms with van der Waals surface area (Å²) in [6.45, 7) is 2.88. The van der Waals surface area contributed by atoms with Gasteiger partial charge < -0.3 is 10.4 Å². The molecule has 0 radical (unpaired) electrons. The number of nitrogens with zero attached hydrogens (tertiary/aromatic N) is 1. The molecule has 0 aromatic carbocycles. The molecule has 0 unspecified atom stereocenters. The van der Waals surface area contributed by atoms with Crippen LogP contribution in [0.25, 0.3) is 0 Å². The first-order chi connectivity index (χ1) is 10.1. The van der Waals surface area contributed by atoms with Crippen LogP contribution in [-0.4, -0.2) is 61.7 Å². The molecule has 0 spiro atoms. The van der Waals surface area contributed by atoms with Crippen LogP contribution in [0.4, 0.5) is 0 Å². The zero-order chi connectivity index (χ0) is 14.9. The van der Waals surface area contributed by atoms with Crippen molar-refractivity contribution < 1.29 is 13.5 Å². The molecule has 3 heterocycles. The molecule has 2 saturated heterocycles. The lowest BCUT2D eigenvalue weighted by atomic mass is 10.1. The molecule has 21 heavy (non-hydrogen) atoms. The van der Waals surface area contributed by atoms with Gasteiger partial charge in [0, 0.05) is 17.5 Å². The van der Waals surface area contributed by atoms with E-state index in [0.717, 1.165) is 13.1 Å². The molecule has 2 aliphatic heterocycles. The van der Waals surface area contributed by atoms with Crippen molar-refractivity contribution in [3.63, 3.8) is 0 Å². The Hall–Kier alpha value is -0.470.